The molecule has 0 saturated carbocycles. The van der Waals surface area contributed by atoms with Crippen molar-refractivity contribution < 1.29 is 5.11 Å². The van der Waals surface area contributed by atoms with Crippen LogP contribution >= 0.6 is 0 Å². The maximum absolute atomic E-state index is 9.27. The lowest BCUT2D eigenvalue weighted by Crippen LogP contribution is -2.06. The molecule has 0 aromatic heterocycles. The van der Waals surface area contributed by atoms with Gasteiger partial charge in [-0.25, -0.2) is 0 Å². The van der Waals surface area contributed by atoms with E-state index in [0.29, 0.717) is 6.54 Å². The van der Waals surface area contributed by atoms with E-state index >= 15 is 0 Å². The van der Waals surface area contributed by atoms with Crippen molar-refractivity contribution in [3.63, 3.8) is 0 Å². The maximum atomic E-state index is 9.27. The molecule has 0 fully saturated rings. The SMILES string of the molecule is CCc1cc(CC)c(CO)c(CN)c1. The Labute approximate surface area is 85.8 Å². The molecule has 0 atom stereocenters. The quantitative estimate of drug-likeness (QED) is 0.765. The van der Waals surface area contributed by atoms with E-state index in [9.17, 15) is 5.11 Å². The van der Waals surface area contributed by atoms with Crippen molar-refractivity contribution in [3.05, 3.63) is 34.4 Å². The average molecular weight is 193 g/mol. The highest BCUT2D eigenvalue weighted by atomic mass is 16.3. The van der Waals surface area contributed by atoms with Crippen LogP contribution in [0.1, 0.15) is 36.1 Å². The van der Waals surface area contributed by atoms with Crippen LogP contribution in [0.4, 0.5) is 0 Å². The summed E-state index contributed by atoms with van der Waals surface area (Å²) in [4.78, 5) is 0. The molecule has 0 aliphatic heterocycles. The van der Waals surface area contributed by atoms with E-state index in [4.69, 9.17) is 5.73 Å². The Morgan fingerprint density at radius 2 is 1.79 bits per heavy atom. The molecular formula is C12H19NO. The van der Waals surface area contributed by atoms with Crippen molar-refractivity contribution in [1.29, 1.82) is 0 Å². The lowest BCUT2D eigenvalue weighted by molar-refractivity contribution is 0.279. The summed E-state index contributed by atoms with van der Waals surface area (Å²) in [5.74, 6) is 0. The first-order valence-corrected chi connectivity index (χ1v) is 5.21. The van der Waals surface area contributed by atoms with Crippen molar-refractivity contribution >= 4 is 0 Å². The zero-order valence-corrected chi connectivity index (χ0v) is 9.01. The number of aryl methyl sites for hydroxylation is 2. The van der Waals surface area contributed by atoms with Gasteiger partial charge in [-0.15, -0.1) is 0 Å². The second-order valence-electron chi connectivity index (χ2n) is 3.46. The Balaban J connectivity index is 3.24. The molecule has 0 radical (unpaired) electrons. The standard InChI is InChI=1S/C12H19NO/c1-3-9-5-10(4-2)12(8-14)11(6-9)7-13/h5-6,14H,3-4,7-8,13H2,1-2H3. The number of hydrogen-bond acceptors (Lipinski definition) is 2. The highest BCUT2D eigenvalue weighted by Gasteiger charge is 2.07. The molecule has 1 aromatic rings. The van der Waals surface area contributed by atoms with Crippen molar-refractivity contribution in [3.8, 4) is 0 Å². The third-order valence-electron chi connectivity index (χ3n) is 2.66. The molecule has 78 valence electrons. The van der Waals surface area contributed by atoms with Gasteiger partial charge in [-0.05, 0) is 35.1 Å². The van der Waals surface area contributed by atoms with Crippen LogP contribution in [0.5, 0.6) is 0 Å². The lowest BCUT2D eigenvalue weighted by Gasteiger charge is -2.13. The monoisotopic (exact) mass is 193 g/mol. The zero-order chi connectivity index (χ0) is 10.6. The summed E-state index contributed by atoms with van der Waals surface area (Å²) in [6.45, 7) is 4.85. The summed E-state index contributed by atoms with van der Waals surface area (Å²) in [5, 5.41) is 9.27. The van der Waals surface area contributed by atoms with Gasteiger partial charge in [-0.1, -0.05) is 26.0 Å². The smallest absolute Gasteiger partial charge is 0.0687 e. The molecular weight excluding hydrogens is 174 g/mol. The zero-order valence-electron chi connectivity index (χ0n) is 9.01. The summed E-state index contributed by atoms with van der Waals surface area (Å²) in [6, 6.07) is 4.27. The second-order valence-corrected chi connectivity index (χ2v) is 3.46. The third kappa shape index (κ3) is 2.14. The molecule has 2 nitrogen and oxygen atoms in total. The fourth-order valence-corrected chi connectivity index (χ4v) is 1.77. The summed E-state index contributed by atoms with van der Waals surface area (Å²) < 4.78 is 0. The van der Waals surface area contributed by atoms with E-state index < -0.39 is 0 Å². The van der Waals surface area contributed by atoms with Crippen LogP contribution in [0.2, 0.25) is 0 Å². The van der Waals surface area contributed by atoms with Crippen molar-refractivity contribution in [2.75, 3.05) is 0 Å². The molecule has 0 unspecified atom stereocenters. The van der Waals surface area contributed by atoms with E-state index in [-0.39, 0.29) is 6.61 Å². The van der Waals surface area contributed by atoms with Gasteiger partial charge >= 0.3 is 0 Å². The number of benzene rings is 1. The molecule has 1 rings (SSSR count). The first-order chi connectivity index (χ1) is 6.76. The van der Waals surface area contributed by atoms with Crippen LogP contribution in [-0.4, -0.2) is 5.11 Å². The largest absolute Gasteiger partial charge is 0.392 e. The Hall–Kier alpha value is -0.860. The van der Waals surface area contributed by atoms with Crippen LogP contribution in [0.25, 0.3) is 0 Å². The number of aliphatic hydroxyl groups is 1. The van der Waals surface area contributed by atoms with E-state index in [1.807, 2.05) is 0 Å². The topological polar surface area (TPSA) is 46.2 Å². The van der Waals surface area contributed by atoms with E-state index in [1.54, 1.807) is 0 Å². The first kappa shape index (κ1) is 11.2. The molecule has 0 saturated heterocycles. The average Bonchev–Trinajstić information content (AvgIpc) is 2.26. The lowest BCUT2D eigenvalue weighted by atomic mass is 9.95. The molecule has 0 bridgehead atoms. The molecule has 2 heteroatoms. The van der Waals surface area contributed by atoms with E-state index in [0.717, 1.165) is 24.0 Å². The van der Waals surface area contributed by atoms with Crippen molar-refractivity contribution in [2.45, 2.75) is 39.8 Å². The fraction of sp³-hybridized carbons (Fsp3) is 0.500. The summed E-state index contributed by atoms with van der Waals surface area (Å²) >= 11 is 0. The molecule has 14 heavy (non-hydrogen) atoms. The summed E-state index contributed by atoms with van der Waals surface area (Å²) in [6.07, 6.45) is 1.97. The second kappa shape index (κ2) is 5.13. The predicted octanol–water partition coefficient (Wildman–Crippen LogP) is 1.76. The van der Waals surface area contributed by atoms with Gasteiger partial charge in [0.2, 0.25) is 0 Å². The van der Waals surface area contributed by atoms with Crippen LogP contribution in [-0.2, 0) is 26.0 Å². The fourth-order valence-electron chi connectivity index (χ4n) is 1.77. The molecule has 3 N–H and O–H groups in total. The van der Waals surface area contributed by atoms with Crippen LogP contribution < -0.4 is 5.73 Å². The minimum atomic E-state index is 0.0969. The van der Waals surface area contributed by atoms with E-state index in [2.05, 4.69) is 26.0 Å². The Morgan fingerprint density at radius 3 is 2.21 bits per heavy atom. The molecule has 0 aliphatic carbocycles. The maximum Gasteiger partial charge on any atom is 0.0687 e. The Morgan fingerprint density at radius 1 is 1.14 bits per heavy atom. The van der Waals surface area contributed by atoms with Gasteiger partial charge in [0.05, 0.1) is 6.61 Å². The third-order valence-corrected chi connectivity index (χ3v) is 2.66. The molecule has 1 aromatic carbocycles. The van der Waals surface area contributed by atoms with Gasteiger partial charge in [-0.2, -0.15) is 0 Å². The number of hydrogen-bond donors (Lipinski definition) is 2. The summed E-state index contributed by atoms with van der Waals surface area (Å²) in [7, 11) is 0. The van der Waals surface area contributed by atoms with E-state index in [1.165, 1.54) is 11.1 Å². The number of aliphatic hydroxyl groups excluding tert-OH is 1. The van der Waals surface area contributed by atoms with Gasteiger partial charge in [0.15, 0.2) is 0 Å². The predicted molar refractivity (Wildman–Crippen MR) is 59.0 cm³/mol. The Bertz CT molecular complexity index is 282. The summed E-state index contributed by atoms with van der Waals surface area (Å²) in [5.41, 5.74) is 10.3. The normalized spacial score (nSPS) is 10.6. The van der Waals surface area contributed by atoms with Crippen LogP contribution in [0.3, 0.4) is 0 Å². The number of rotatable bonds is 4. The molecule has 0 aliphatic rings. The van der Waals surface area contributed by atoms with Gasteiger partial charge < -0.3 is 10.8 Å². The number of nitrogens with two attached hydrogens (primary N) is 1. The minimum absolute atomic E-state index is 0.0969. The Kier molecular flexibility index (Phi) is 4.11. The highest BCUT2D eigenvalue weighted by Crippen LogP contribution is 2.19. The van der Waals surface area contributed by atoms with Gasteiger partial charge in [0, 0.05) is 6.54 Å². The van der Waals surface area contributed by atoms with Crippen LogP contribution in [0, 0.1) is 0 Å². The van der Waals surface area contributed by atoms with Crippen molar-refractivity contribution in [2.24, 2.45) is 5.73 Å². The molecule has 0 spiro atoms. The molecule has 0 amide bonds. The van der Waals surface area contributed by atoms with Gasteiger partial charge in [0.1, 0.15) is 0 Å². The van der Waals surface area contributed by atoms with Crippen molar-refractivity contribution in [1.82, 2.24) is 0 Å². The first-order valence-electron chi connectivity index (χ1n) is 5.21. The molecule has 0 heterocycles. The minimum Gasteiger partial charge on any atom is -0.392 e. The highest BCUT2D eigenvalue weighted by molar-refractivity contribution is 5.39. The van der Waals surface area contributed by atoms with Gasteiger partial charge in [0.25, 0.3) is 0 Å². The van der Waals surface area contributed by atoms with Crippen LogP contribution in [0.15, 0.2) is 12.1 Å². The van der Waals surface area contributed by atoms with Gasteiger partial charge in [-0.3, -0.25) is 0 Å².